The van der Waals surface area contributed by atoms with Gasteiger partial charge in [0.05, 0.1) is 6.10 Å². The summed E-state index contributed by atoms with van der Waals surface area (Å²) in [4.78, 5) is 10.4. The predicted molar refractivity (Wildman–Crippen MR) is 63.7 cm³/mol. The summed E-state index contributed by atoms with van der Waals surface area (Å²) in [5.41, 5.74) is 0. The monoisotopic (exact) mass is 241 g/mol. The predicted octanol–water partition coefficient (Wildman–Crippen LogP) is 1.73. The highest BCUT2D eigenvalue weighted by Gasteiger charge is 2.24. The first-order chi connectivity index (χ1) is 7.68. The smallest absolute Gasteiger partial charge is 0.171 e. The topological polar surface area (TPSA) is 49.2 Å². The van der Waals surface area contributed by atoms with E-state index in [1.165, 1.54) is 0 Å². The number of aromatic nitrogens is 2. The molecule has 1 aromatic rings. The fourth-order valence-corrected chi connectivity index (χ4v) is 2.34. The quantitative estimate of drug-likeness (QED) is 0.857. The molecule has 1 fully saturated rings. The van der Waals surface area contributed by atoms with Crippen LogP contribution >= 0.6 is 11.6 Å². The molecule has 88 valence electrons. The van der Waals surface area contributed by atoms with Crippen LogP contribution in [-0.2, 0) is 0 Å². The number of anilines is 1. The molecule has 1 N–H and O–H groups in total. The second-order valence-electron chi connectivity index (χ2n) is 4.24. The lowest BCUT2D eigenvalue weighted by molar-refractivity contribution is 0.110. The molecule has 2 rings (SSSR count). The molecule has 0 aromatic carbocycles. The zero-order chi connectivity index (χ0) is 11.5. The van der Waals surface area contributed by atoms with E-state index in [-0.39, 0.29) is 6.10 Å². The molecule has 2 heterocycles. The highest BCUT2D eigenvalue weighted by Crippen LogP contribution is 2.27. The number of aliphatic hydroxyl groups excluding tert-OH is 1. The SMILES string of the molecule is C[C@@H](O)C1CCN(c2nccnc2Cl)CC1. The van der Waals surface area contributed by atoms with Crippen LogP contribution in [0.2, 0.25) is 5.15 Å². The standard InChI is InChI=1S/C11H16ClN3O/c1-8(16)9-2-6-15(7-3-9)11-10(12)13-4-5-14-11/h4-5,8-9,16H,2-3,6-7H2,1H3/t8-/m1/s1. The maximum atomic E-state index is 9.52. The van der Waals surface area contributed by atoms with Crippen LogP contribution in [0.4, 0.5) is 5.82 Å². The van der Waals surface area contributed by atoms with Gasteiger partial charge in [0, 0.05) is 25.5 Å². The van der Waals surface area contributed by atoms with E-state index in [1.54, 1.807) is 12.4 Å². The summed E-state index contributed by atoms with van der Waals surface area (Å²) in [5, 5.41) is 9.97. The van der Waals surface area contributed by atoms with Gasteiger partial charge in [0.1, 0.15) is 0 Å². The fourth-order valence-electron chi connectivity index (χ4n) is 2.12. The number of halogens is 1. The van der Waals surface area contributed by atoms with Gasteiger partial charge in [0.15, 0.2) is 11.0 Å². The Labute approximate surface area is 100 Å². The normalized spacial score (nSPS) is 19.8. The average Bonchev–Trinajstić information content (AvgIpc) is 2.30. The summed E-state index contributed by atoms with van der Waals surface area (Å²) >= 11 is 5.99. The van der Waals surface area contributed by atoms with E-state index in [0.717, 1.165) is 31.7 Å². The third-order valence-electron chi connectivity index (χ3n) is 3.16. The van der Waals surface area contributed by atoms with Crippen molar-refractivity contribution in [1.29, 1.82) is 0 Å². The lowest BCUT2D eigenvalue weighted by atomic mass is 9.92. The van der Waals surface area contributed by atoms with E-state index in [2.05, 4.69) is 14.9 Å². The Hall–Kier alpha value is -0.870. The molecule has 1 aliphatic rings. The summed E-state index contributed by atoms with van der Waals surface area (Å²) in [6.45, 7) is 3.62. The molecule has 4 nitrogen and oxygen atoms in total. The van der Waals surface area contributed by atoms with E-state index in [1.807, 2.05) is 6.92 Å². The van der Waals surface area contributed by atoms with Gasteiger partial charge >= 0.3 is 0 Å². The zero-order valence-corrected chi connectivity index (χ0v) is 10.1. The van der Waals surface area contributed by atoms with E-state index in [4.69, 9.17) is 11.6 Å². The molecule has 0 spiro atoms. The Kier molecular flexibility index (Phi) is 3.61. The van der Waals surface area contributed by atoms with Crippen LogP contribution in [0.3, 0.4) is 0 Å². The first kappa shape index (κ1) is 11.6. The van der Waals surface area contributed by atoms with Gasteiger partial charge in [-0.3, -0.25) is 0 Å². The molecule has 0 unspecified atom stereocenters. The second kappa shape index (κ2) is 4.97. The molecular formula is C11H16ClN3O. The van der Waals surface area contributed by atoms with Crippen molar-refractivity contribution in [3.63, 3.8) is 0 Å². The lowest BCUT2D eigenvalue weighted by Crippen LogP contribution is -2.37. The first-order valence-electron chi connectivity index (χ1n) is 5.58. The number of nitrogens with zero attached hydrogens (tertiary/aromatic N) is 3. The van der Waals surface area contributed by atoms with Crippen molar-refractivity contribution in [3.8, 4) is 0 Å². The molecule has 0 amide bonds. The molecular weight excluding hydrogens is 226 g/mol. The fraction of sp³-hybridized carbons (Fsp3) is 0.636. The minimum absolute atomic E-state index is 0.223. The highest BCUT2D eigenvalue weighted by atomic mass is 35.5. The summed E-state index contributed by atoms with van der Waals surface area (Å²) < 4.78 is 0. The largest absolute Gasteiger partial charge is 0.393 e. The van der Waals surface area contributed by atoms with Crippen molar-refractivity contribution in [2.45, 2.75) is 25.9 Å². The van der Waals surface area contributed by atoms with Gasteiger partial charge in [-0.05, 0) is 25.7 Å². The van der Waals surface area contributed by atoms with Gasteiger partial charge in [-0.2, -0.15) is 0 Å². The van der Waals surface area contributed by atoms with Crippen LogP contribution in [0.15, 0.2) is 12.4 Å². The minimum atomic E-state index is -0.223. The zero-order valence-electron chi connectivity index (χ0n) is 9.30. The van der Waals surface area contributed by atoms with Crippen molar-refractivity contribution in [2.24, 2.45) is 5.92 Å². The Bertz CT molecular complexity index is 351. The van der Waals surface area contributed by atoms with Crippen molar-refractivity contribution >= 4 is 17.4 Å². The average molecular weight is 242 g/mol. The van der Waals surface area contributed by atoms with Gasteiger partial charge in [0.2, 0.25) is 0 Å². The van der Waals surface area contributed by atoms with Crippen LogP contribution in [0.1, 0.15) is 19.8 Å². The van der Waals surface area contributed by atoms with Crippen LogP contribution < -0.4 is 4.90 Å². The molecule has 1 aliphatic heterocycles. The highest BCUT2D eigenvalue weighted by molar-refractivity contribution is 6.31. The number of hydrogen-bond acceptors (Lipinski definition) is 4. The summed E-state index contributed by atoms with van der Waals surface area (Å²) in [6.07, 6.45) is 4.98. The van der Waals surface area contributed by atoms with Crippen LogP contribution in [0, 0.1) is 5.92 Å². The molecule has 1 aromatic heterocycles. The molecule has 5 heteroatoms. The molecule has 0 aliphatic carbocycles. The molecule has 1 saturated heterocycles. The lowest BCUT2D eigenvalue weighted by Gasteiger charge is -2.34. The Balaban J connectivity index is 2.02. The molecule has 0 radical (unpaired) electrons. The van der Waals surface area contributed by atoms with Gasteiger partial charge in [-0.25, -0.2) is 9.97 Å². The van der Waals surface area contributed by atoms with E-state index >= 15 is 0 Å². The minimum Gasteiger partial charge on any atom is -0.393 e. The summed E-state index contributed by atoms with van der Waals surface area (Å²) in [5.74, 6) is 1.15. The molecule has 0 saturated carbocycles. The third-order valence-corrected chi connectivity index (χ3v) is 3.42. The third kappa shape index (κ3) is 2.44. The van der Waals surface area contributed by atoms with Crippen molar-refractivity contribution in [3.05, 3.63) is 17.5 Å². The van der Waals surface area contributed by atoms with Gasteiger partial charge < -0.3 is 10.0 Å². The van der Waals surface area contributed by atoms with E-state index in [0.29, 0.717) is 11.1 Å². The Morgan fingerprint density at radius 3 is 2.56 bits per heavy atom. The molecule has 0 bridgehead atoms. The maximum absolute atomic E-state index is 9.52. The van der Waals surface area contributed by atoms with Crippen LogP contribution in [0.5, 0.6) is 0 Å². The van der Waals surface area contributed by atoms with Crippen LogP contribution in [-0.4, -0.2) is 34.3 Å². The molecule has 16 heavy (non-hydrogen) atoms. The summed E-state index contributed by atoms with van der Waals surface area (Å²) in [7, 11) is 0. The van der Waals surface area contributed by atoms with Crippen molar-refractivity contribution in [1.82, 2.24) is 9.97 Å². The number of hydrogen-bond donors (Lipinski definition) is 1. The van der Waals surface area contributed by atoms with E-state index < -0.39 is 0 Å². The number of aliphatic hydroxyl groups is 1. The first-order valence-corrected chi connectivity index (χ1v) is 5.96. The summed E-state index contributed by atoms with van der Waals surface area (Å²) in [6, 6.07) is 0. The Morgan fingerprint density at radius 1 is 1.38 bits per heavy atom. The van der Waals surface area contributed by atoms with E-state index in [9.17, 15) is 5.11 Å². The van der Waals surface area contributed by atoms with Crippen molar-refractivity contribution < 1.29 is 5.11 Å². The van der Waals surface area contributed by atoms with Gasteiger partial charge in [-0.1, -0.05) is 11.6 Å². The number of piperidine rings is 1. The molecule has 1 atom stereocenters. The van der Waals surface area contributed by atoms with Gasteiger partial charge in [-0.15, -0.1) is 0 Å². The van der Waals surface area contributed by atoms with Crippen LogP contribution in [0.25, 0.3) is 0 Å². The maximum Gasteiger partial charge on any atom is 0.171 e. The second-order valence-corrected chi connectivity index (χ2v) is 4.59. The Morgan fingerprint density at radius 2 is 2.00 bits per heavy atom. The number of rotatable bonds is 2. The van der Waals surface area contributed by atoms with Gasteiger partial charge in [0.25, 0.3) is 0 Å². The van der Waals surface area contributed by atoms with Crippen molar-refractivity contribution in [2.75, 3.05) is 18.0 Å².